The van der Waals surface area contributed by atoms with Crippen LogP contribution in [0.15, 0.2) is 42.0 Å². The minimum Gasteiger partial charge on any atom is -0.496 e. The van der Waals surface area contributed by atoms with Gasteiger partial charge in [0, 0.05) is 5.56 Å². The van der Waals surface area contributed by atoms with Crippen molar-refractivity contribution in [3.05, 3.63) is 63.9 Å². The van der Waals surface area contributed by atoms with Crippen LogP contribution in [0.5, 0.6) is 11.5 Å². The fourth-order valence-electron chi connectivity index (χ4n) is 2.01. The summed E-state index contributed by atoms with van der Waals surface area (Å²) in [5.74, 6) is 0.481. The minimum atomic E-state index is -0.447. The number of nitriles is 2. The van der Waals surface area contributed by atoms with Crippen molar-refractivity contribution in [1.82, 2.24) is 0 Å². The van der Waals surface area contributed by atoms with Crippen LogP contribution in [0, 0.1) is 28.5 Å². The summed E-state index contributed by atoms with van der Waals surface area (Å²) in [5.41, 5.74) is 1.35. The van der Waals surface area contributed by atoms with Gasteiger partial charge in [0.25, 0.3) is 0 Å². The topological polar surface area (TPSA) is 66.0 Å². The highest BCUT2D eigenvalue weighted by molar-refractivity contribution is 6.32. The number of hydrogen-bond donors (Lipinski definition) is 0. The highest BCUT2D eigenvalue weighted by Crippen LogP contribution is 2.28. The molecule has 0 amide bonds. The van der Waals surface area contributed by atoms with Crippen LogP contribution >= 0.6 is 11.6 Å². The Bertz CT molecular complexity index is 850. The quantitative estimate of drug-likeness (QED) is 0.750. The molecule has 2 rings (SSSR count). The van der Waals surface area contributed by atoms with E-state index in [2.05, 4.69) is 0 Å². The molecule has 2 aromatic rings. The molecule has 0 saturated heterocycles. The molecular formula is C18H12ClFN2O2. The number of benzene rings is 2. The molecule has 0 N–H and O–H groups in total. The average molecular weight is 343 g/mol. The van der Waals surface area contributed by atoms with E-state index in [0.29, 0.717) is 22.6 Å². The predicted molar refractivity (Wildman–Crippen MR) is 87.9 cm³/mol. The van der Waals surface area contributed by atoms with E-state index in [0.717, 1.165) is 0 Å². The van der Waals surface area contributed by atoms with Gasteiger partial charge in [0.2, 0.25) is 0 Å². The standard InChI is InChI=1S/C18H12ClFN2O2/c1-23-17-4-2-12(6-13(9-21)10-22)7-14(17)11-24-18-5-3-15(20)8-16(18)19/h2-8H,11H2,1H3. The maximum atomic E-state index is 13.1. The summed E-state index contributed by atoms with van der Waals surface area (Å²) < 4.78 is 23.9. The largest absolute Gasteiger partial charge is 0.496 e. The van der Waals surface area contributed by atoms with Crippen LogP contribution in [0.4, 0.5) is 4.39 Å². The monoisotopic (exact) mass is 342 g/mol. The van der Waals surface area contributed by atoms with Gasteiger partial charge in [-0.1, -0.05) is 17.7 Å². The van der Waals surface area contributed by atoms with E-state index in [1.54, 1.807) is 30.3 Å². The Morgan fingerprint density at radius 1 is 1.17 bits per heavy atom. The molecule has 0 unspecified atom stereocenters. The zero-order valence-electron chi connectivity index (χ0n) is 12.7. The maximum Gasteiger partial charge on any atom is 0.138 e. The molecule has 0 aliphatic carbocycles. The number of hydrogen-bond acceptors (Lipinski definition) is 4. The van der Waals surface area contributed by atoms with Crippen molar-refractivity contribution in [3.8, 4) is 23.6 Å². The first-order valence-electron chi connectivity index (χ1n) is 6.84. The lowest BCUT2D eigenvalue weighted by Gasteiger charge is -2.12. The van der Waals surface area contributed by atoms with Crippen molar-refractivity contribution in [1.29, 1.82) is 10.5 Å². The van der Waals surface area contributed by atoms with Gasteiger partial charge in [-0.15, -0.1) is 0 Å². The van der Waals surface area contributed by atoms with Crippen molar-refractivity contribution < 1.29 is 13.9 Å². The Kier molecular flexibility index (Phi) is 5.78. The highest BCUT2D eigenvalue weighted by atomic mass is 35.5. The molecule has 6 heteroatoms. The Morgan fingerprint density at radius 2 is 1.88 bits per heavy atom. The van der Waals surface area contributed by atoms with Crippen LogP contribution < -0.4 is 9.47 Å². The molecule has 0 radical (unpaired) electrons. The van der Waals surface area contributed by atoms with E-state index in [4.69, 9.17) is 31.6 Å². The molecule has 120 valence electrons. The van der Waals surface area contributed by atoms with E-state index in [9.17, 15) is 4.39 Å². The molecule has 2 aromatic carbocycles. The van der Waals surface area contributed by atoms with Crippen LogP contribution in [0.1, 0.15) is 11.1 Å². The van der Waals surface area contributed by atoms with Gasteiger partial charge in [0.15, 0.2) is 0 Å². The lowest BCUT2D eigenvalue weighted by atomic mass is 10.1. The third-order valence-electron chi connectivity index (χ3n) is 3.13. The third kappa shape index (κ3) is 4.25. The predicted octanol–water partition coefficient (Wildman–Crippen LogP) is 4.50. The molecule has 0 spiro atoms. The normalized spacial score (nSPS) is 9.54. The third-order valence-corrected chi connectivity index (χ3v) is 3.43. The van der Waals surface area contributed by atoms with Crippen molar-refractivity contribution in [2.45, 2.75) is 6.61 Å². The first-order valence-corrected chi connectivity index (χ1v) is 7.22. The van der Waals surface area contributed by atoms with Gasteiger partial charge in [-0.05, 0) is 42.0 Å². The van der Waals surface area contributed by atoms with Gasteiger partial charge < -0.3 is 9.47 Å². The van der Waals surface area contributed by atoms with Crippen molar-refractivity contribution in [2.75, 3.05) is 7.11 Å². The summed E-state index contributed by atoms with van der Waals surface area (Å²) in [6, 6.07) is 12.6. The Hall–Kier alpha value is -3.02. The van der Waals surface area contributed by atoms with Crippen LogP contribution in [0.3, 0.4) is 0 Å². The van der Waals surface area contributed by atoms with Gasteiger partial charge >= 0.3 is 0 Å². The SMILES string of the molecule is COc1ccc(C=C(C#N)C#N)cc1COc1ccc(F)cc1Cl. The summed E-state index contributed by atoms with van der Waals surface area (Å²) in [7, 11) is 1.52. The smallest absolute Gasteiger partial charge is 0.138 e. The molecule has 4 nitrogen and oxygen atoms in total. The lowest BCUT2D eigenvalue weighted by molar-refractivity contribution is 0.296. The van der Waals surface area contributed by atoms with Gasteiger partial charge in [0.1, 0.15) is 41.6 Å². The van der Waals surface area contributed by atoms with E-state index in [1.807, 2.05) is 0 Å². The Morgan fingerprint density at radius 3 is 2.50 bits per heavy atom. The molecule has 0 aromatic heterocycles. The molecule has 0 aliphatic heterocycles. The number of methoxy groups -OCH3 is 1. The van der Waals surface area contributed by atoms with Gasteiger partial charge in [-0.25, -0.2) is 4.39 Å². The first-order chi connectivity index (χ1) is 11.6. The lowest BCUT2D eigenvalue weighted by Crippen LogP contribution is -2.00. The maximum absolute atomic E-state index is 13.1. The Balaban J connectivity index is 2.27. The van der Waals surface area contributed by atoms with E-state index < -0.39 is 5.82 Å². The summed E-state index contributed by atoms with van der Waals surface area (Å²) in [6.07, 6.45) is 1.47. The second kappa shape index (κ2) is 8.01. The van der Waals surface area contributed by atoms with Crippen molar-refractivity contribution >= 4 is 17.7 Å². The zero-order valence-corrected chi connectivity index (χ0v) is 13.5. The number of nitrogens with zero attached hydrogens (tertiary/aromatic N) is 2. The summed E-state index contributed by atoms with van der Waals surface area (Å²) in [4.78, 5) is 0. The van der Waals surface area contributed by atoms with Crippen LogP contribution in [0.2, 0.25) is 5.02 Å². The van der Waals surface area contributed by atoms with Gasteiger partial charge in [0.05, 0.1) is 12.1 Å². The summed E-state index contributed by atoms with van der Waals surface area (Å²) in [5, 5.41) is 17.8. The van der Waals surface area contributed by atoms with Gasteiger partial charge in [-0.3, -0.25) is 0 Å². The molecule has 0 fully saturated rings. The number of halogens is 2. The molecule has 24 heavy (non-hydrogen) atoms. The molecular weight excluding hydrogens is 331 g/mol. The molecule has 0 saturated carbocycles. The highest BCUT2D eigenvalue weighted by Gasteiger charge is 2.08. The first kappa shape index (κ1) is 17.3. The second-order valence-corrected chi connectivity index (χ2v) is 5.12. The molecule has 0 atom stereocenters. The molecule has 0 aliphatic rings. The van der Waals surface area contributed by atoms with E-state index >= 15 is 0 Å². The fraction of sp³-hybridized carbons (Fsp3) is 0.111. The van der Waals surface area contributed by atoms with Gasteiger partial charge in [-0.2, -0.15) is 10.5 Å². The summed E-state index contributed by atoms with van der Waals surface area (Å²) in [6.45, 7) is 0.130. The van der Waals surface area contributed by atoms with E-state index in [1.165, 1.54) is 31.4 Å². The number of ether oxygens (including phenoxy) is 2. The van der Waals surface area contributed by atoms with Crippen molar-refractivity contribution in [2.24, 2.45) is 0 Å². The Labute approximate surface area is 143 Å². The minimum absolute atomic E-state index is 0.00591. The fourth-order valence-corrected chi connectivity index (χ4v) is 2.23. The average Bonchev–Trinajstić information content (AvgIpc) is 2.59. The number of allylic oxidation sites excluding steroid dienone is 1. The summed E-state index contributed by atoms with van der Waals surface area (Å²) >= 11 is 5.93. The second-order valence-electron chi connectivity index (χ2n) is 4.72. The van der Waals surface area contributed by atoms with E-state index in [-0.39, 0.29) is 17.2 Å². The van der Waals surface area contributed by atoms with Crippen LogP contribution in [-0.4, -0.2) is 7.11 Å². The molecule has 0 heterocycles. The number of rotatable bonds is 5. The van der Waals surface area contributed by atoms with Crippen molar-refractivity contribution in [3.63, 3.8) is 0 Å². The zero-order chi connectivity index (χ0) is 17.5. The molecule has 0 bridgehead atoms. The van der Waals surface area contributed by atoms with Crippen LogP contribution in [-0.2, 0) is 6.61 Å². The van der Waals surface area contributed by atoms with Crippen LogP contribution in [0.25, 0.3) is 6.08 Å².